The number of rotatable bonds is 6. The summed E-state index contributed by atoms with van der Waals surface area (Å²) in [5.74, 6) is 1.48. The Morgan fingerprint density at radius 3 is 2.64 bits per heavy atom. The molecular formula is C21H25NO3. The maximum Gasteiger partial charge on any atom is 0.265 e. The molecule has 4 heteroatoms. The number of benzene rings is 2. The summed E-state index contributed by atoms with van der Waals surface area (Å²) in [6.45, 7) is 4.35. The zero-order valence-corrected chi connectivity index (χ0v) is 14.9. The first-order chi connectivity index (χ1) is 12.2. The van der Waals surface area contributed by atoms with Crippen LogP contribution < -0.4 is 14.8 Å². The topological polar surface area (TPSA) is 47.6 Å². The maximum absolute atomic E-state index is 12.4. The van der Waals surface area contributed by atoms with Crippen molar-refractivity contribution in [3.63, 3.8) is 0 Å². The molecule has 25 heavy (non-hydrogen) atoms. The molecule has 132 valence electrons. The Hall–Kier alpha value is -2.49. The summed E-state index contributed by atoms with van der Waals surface area (Å²) in [6.07, 6.45) is 3.97. The van der Waals surface area contributed by atoms with Gasteiger partial charge in [0.1, 0.15) is 11.5 Å². The number of aryl methyl sites for hydroxylation is 1. The van der Waals surface area contributed by atoms with Crippen molar-refractivity contribution in [1.82, 2.24) is 0 Å². The van der Waals surface area contributed by atoms with Gasteiger partial charge in [0.15, 0.2) is 6.10 Å². The van der Waals surface area contributed by atoms with E-state index in [4.69, 9.17) is 9.47 Å². The fraction of sp³-hybridized carbons (Fsp3) is 0.381. The molecule has 1 amide bonds. The average Bonchev–Trinajstić information content (AvgIpc) is 2.64. The predicted molar refractivity (Wildman–Crippen MR) is 99.4 cm³/mol. The fourth-order valence-electron chi connectivity index (χ4n) is 3.15. The molecule has 1 atom stereocenters. The summed E-state index contributed by atoms with van der Waals surface area (Å²) in [7, 11) is 0. The van der Waals surface area contributed by atoms with E-state index in [-0.39, 0.29) is 5.91 Å². The monoisotopic (exact) mass is 339 g/mol. The van der Waals surface area contributed by atoms with Gasteiger partial charge in [-0.3, -0.25) is 4.79 Å². The third kappa shape index (κ3) is 4.32. The van der Waals surface area contributed by atoms with Gasteiger partial charge in [-0.2, -0.15) is 0 Å². The van der Waals surface area contributed by atoms with Gasteiger partial charge in [-0.1, -0.05) is 12.1 Å². The van der Waals surface area contributed by atoms with Crippen molar-refractivity contribution in [3.8, 4) is 11.5 Å². The Kier molecular flexibility index (Phi) is 5.59. The molecule has 0 saturated carbocycles. The van der Waals surface area contributed by atoms with Crippen LogP contribution >= 0.6 is 0 Å². The Labute approximate surface area is 149 Å². The van der Waals surface area contributed by atoms with E-state index in [9.17, 15) is 4.79 Å². The van der Waals surface area contributed by atoms with Gasteiger partial charge < -0.3 is 14.8 Å². The van der Waals surface area contributed by atoms with Crippen LogP contribution in [-0.4, -0.2) is 18.6 Å². The molecule has 0 aromatic heterocycles. The second-order valence-corrected chi connectivity index (χ2v) is 6.31. The number of hydrogen-bond donors (Lipinski definition) is 1. The van der Waals surface area contributed by atoms with Gasteiger partial charge in [-0.15, -0.1) is 0 Å². The molecule has 2 aromatic rings. The van der Waals surface area contributed by atoms with Crippen LogP contribution in [0.2, 0.25) is 0 Å². The number of hydrogen-bond acceptors (Lipinski definition) is 3. The molecule has 1 N–H and O–H groups in total. The molecule has 0 radical (unpaired) electrons. The molecule has 2 aromatic carbocycles. The van der Waals surface area contributed by atoms with Crippen molar-refractivity contribution >= 4 is 11.6 Å². The predicted octanol–water partition coefficient (Wildman–Crippen LogP) is 4.37. The molecule has 0 aliphatic heterocycles. The summed E-state index contributed by atoms with van der Waals surface area (Å²) in [6, 6.07) is 13.5. The molecule has 0 heterocycles. The lowest BCUT2D eigenvalue weighted by molar-refractivity contribution is -0.122. The molecule has 0 spiro atoms. The molecule has 0 saturated heterocycles. The molecular weight excluding hydrogens is 314 g/mol. The van der Waals surface area contributed by atoms with Gasteiger partial charge >= 0.3 is 0 Å². The molecule has 0 unspecified atom stereocenters. The number of ether oxygens (including phenoxy) is 2. The summed E-state index contributed by atoms with van der Waals surface area (Å²) in [5.41, 5.74) is 3.34. The largest absolute Gasteiger partial charge is 0.494 e. The lowest BCUT2D eigenvalue weighted by Gasteiger charge is -2.22. The molecule has 3 rings (SSSR count). The van der Waals surface area contributed by atoms with Crippen LogP contribution in [0.1, 0.15) is 37.8 Å². The van der Waals surface area contributed by atoms with Crippen LogP contribution in [0.3, 0.4) is 0 Å². The third-order valence-corrected chi connectivity index (χ3v) is 4.46. The first-order valence-electron chi connectivity index (χ1n) is 8.98. The van der Waals surface area contributed by atoms with E-state index in [1.54, 1.807) is 6.92 Å². The highest BCUT2D eigenvalue weighted by Gasteiger charge is 2.19. The number of carbonyl (C=O) groups is 1. The van der Waals surface area contributed by atoms with Gasteiger partial charge in [-0.05, 0) is 81.0 Å². The molecule has 1 aliphatic carbocycles. The van der Waals surface area contributed by atoms with Crippen LogP contribution in [0.25, 0.3) is 0 Å². The van der Waals surface area contributed by atoms with Crippen LogP contribution in [0.15, 0.2) is 42.5 Å². The second kappa shape index (κ2) is 8.06. The van der Waals surface area contributed by atoms with Crippen LogP contribution in [0.5, 0.6) is 11.5 Å². The van der Waals surface area contributed by atoms with Crippen molar-refractivity contribution < 1.29 is 14.3 Å². The number of fused-ring (bicyclic) bond motifs is 1. The van der Waals surface area contributed by atoms with E-state index in [1.807, 2.05) is 43.3 Å². The maximum atomic E-state index is 12.4. The van der Waals surface area contributed by atoms with Crippen LogP contribution in [0, 0.1) is 0 Å². The Bertz CT molecular complexity index is 724. The Morgan fingerprint density at radius 1 is 1.12 bits per heavy atom. The molecule has 0 bridgehead atoms. The lowest BCUT2D eigenvalue weighted by Crippen LogP contribution is -2.30. The first-order valence-corrected chi connectivity index (χ1v) is 8.98. The van der Waals surface area contributed by atoms with E-state index in [0.717, 1.165) is 30.0 Å². The van der Waals surface area contributed by atoms with Gasteiger partial charge in [0, 0.05) is 5.69 Å². The molecule has 1 aliphatic rings. The van der Waals surface area contributed by atoms with Gasteiger partial charge in [0.05, 0.1) is 6.61 Å². The zero-order valence-electron chi connectivity index (χ0n) is 14.9. The number of amides is 1. The SMILES string of the molecule is CCOc1ccc(NC(=O)[C@@H](C)Oc2cccc3c2CCCC3)cc1. The molecule has 0 fully saturated rings. The Morgan fingerprint density at radius 2 is 1.88 bits per heavy atom. The highest BCUT2D eigenvalue weighted by Crippen LogP contribution is 2.30. The number of nitrogens with one attached hydrogen (secondary N) is 1. The van der Waals surface area contributed by atoms with E-state index in [1.165, 1.54) is 24.0 Å². The van der Waals surface area contributed by atoms with E-state index >= 15 is 0 Å². The van der Waals surface area contributed by atoms with E-state index in [2.05, 4.69) is 11.4 Å². The standard InChI is InChI=1S/C21H25NO3/c1-3-24-18-13-11-17(12-14-18)22-21(23)15(2)25-20-10-6-8-16-7-4-5-9-19(16)20/h6,8,10-15H,3-5,7,9H2,1-2H3,(H,22,23)/t15-/m1/s1. The summed E-state index contributed by atoms with van der Waals surface area (Å²) in [4.78, 5) is 12.4. The third-order valence-electron chi connectivity index (χ3n) is 4.46. The second-order valence-electron chi connectivity index (χ2n) is 6.31. The number of anilines is 1. The lowest BCUT2D eigenvalue weighted by atomic mass is 9.91. The van der Waals surface area contributed by atoms with Gasteiger partial charge in [0.2, 0.25) is 0 Å². The quantitative estimate of drug-likeness (QED) is 0.850. The van der Waals surface area contributed by atoms with E-state index < -0.39 is 6.10 Å². The Balaban J connectivity index is 1.63. The van der Waals surface area contributed by atoms with Crippen molar-refractivity contribution in [2.75, 3.05) is 11.9 Å². The van der Waals surface area contributed by atoms with Gasteiger partial charge in [-0.25, -0.2) is 0 Å². The summed E-state index contributed by atoms with van der Waals surface area (Å²) >= 11 is 0. The first kappa shape index (κ1) is 17.3. The van der Waals surface area contributed by atoms with Crippen molar-refractivity contribution in [2.45, 2.75) is 45.6 Å². The van der Waals surface area contributed by atoms with Crippen molar-refractivity contribution in [3.05, 3.63) is 53.6 Å². The van der Waals surface area contributed by atoms with E-state index in [0.29, 0.717) is 6.61 Å². The van der Waals surface area contributed by atoms with Crippen LogP contribution in [0.4, 0.5) is 5.69 Å². The van der Waals surface area contributed by atoms with Crippen molar-refractivity contribution in [2.24, 2.45) is 0 Å². The number of carbonyl (C=O) groups excluding carboxylic acids is 1. The minimum Gasteiger partial charge on any atom is -0.494 e. The molecule has 4 nitrogen and oxygen atoms in total. The summed E-state index contributed by atoms with van der Waals surface area (Å²) in [5, 5.41) is 2.89. The average molecular weight is 339 g/mol. The smallest absolute Gasteiger partial charge is 0.265 e. The minimum atomic E-state index is -0.556. The highest BCUT2D eigenvalue weighted by atomic mass is 16.5. The fourth-order valence-corrected chi connectivity index (χ4v) is 3.15. The zero-order chi connectivity index (χ0) is 17.6. The van der Waals surface area contributed by atoms with Gasteiger partial charge in [0.25, 0.3) is 5.91 Å². The van der Waals surface area contributed by atoms with Crippen molar-refractivity contribution in [1.29, 1.82) is 0 Å². The highest BCUT2D eigenvalue weighted by molar-refractivity contribution is 5.94. The normalized spacial score (nSPS) is 14.3. The summed E-state index contributed by atoms with van der Waals surface area (Å²) < 4.78 is 11.4. The minimum absolute atomic E-state index is 0.155. The van der Waals surface area contributed by atoms with Crippen LogP contribution in [-0.2, 0) is 17.6 Å².